The van der Waals surface area contributed by atoms with Crippen molar-refractivity contribution in [3.05, 3.63) is 42.0 Å². The molecule has 0 bridgehead atoms. The number of nitrogens with two attached hydrogens (primary N) is 2. The number of anilines is 1. The summed E-state index contributed by atoms with van der Waals surface area (Å²) >= 11 is 0. The van der Waals surface area contributed by atoms with Crippen molar-refractivity contribution in [1.29, 1.82) is 0 Å². The van der Waals surface area contributed by atoms with Gasteiger partial charge in [-0.2, -0.15) is 0 Å². The second kappa shape index (κ2) is 3.07. The van der Waals surface area contributed by atoms with Crippen molar-refractivity contribution in [2.24, 2.45) is 5.73 Å². The Morgan fingerprint density at radius 3 is 2.54 bits per heavy atom. The Bertz CT molecular complexity index is 435. The molecule has 0 aliphatic carbocycles. The van der Waals surface area contributed by atoms with Crippen LogP contribution >= 0.6 is 0 Å². The fourth-order valence-corrected chi connectivity index (χ4v) is 1.52. The molecule has 2 rings (SSSR count). The number of hydrogen-bond donors (Lipinski definition) is 2. The van der Waals surface area contributed by atoms with Gasteiger partial charge in [-0.3, -0.25) is 0 Å². The highest BCUT2D eigenvalue weighted by Gasteiger charge is 2.01. The van der Waals surface area contributed by atoms with Gasteiger partial charge >= 0.3 is 0 Å². The molecule has 2 heteroatoms. The summed E-state index contributed by atoms with van der Waals surface area (Å²) in [5.41, 5.74) is 13.3. The van der Waals surface area contributed by atoms with Gasteiger partial charge in [0.05, 0.1) is 0 Å². The van der Waals surface area contributed by atoms with E-state index in [2.05, 4.69) is 0 Å². The van der Waals surface area contributed by atoms with Crippen LogP contribution in [0, 0.1) is 0 Å². The van der Waals surface area contributed by atoms with Crippen molar-refractivity contribution in [3.8, 4) is 0 Å². The topological polar surface area (TPSA) is 52.0 Å². The van der Waals surface area contributed by atoms with Crippen molar-refractivity contribution in [2.75, 3.05) is 5.73 Å². The second-order valence-corrected chi connectivity index (χ2v) is 3.06. The minimum absolute atomic E-state index is 0.497. The summed E-state index contributed by atoms with van der Waals surface area (Å²) in [4.78, 5) is 0. The maximum atomic E-state index is 5.95. The number of fused-ring (bicyclic) bond motifs is 1. The predicted octanol–water partition coefficient (Wildman–Crippen LogP) is 1.88. The van der Waals surface area contributed by atoms with E-state index in [1.165, 1.54) is 0 Å². The first-order valence-electron chi connectivity index (χ1n) is 4.29. The Morgan fingerprint density at radius 2 is 1.77 bits per heavy atom. The molecule has 0 atom stereocenters. The van der Waals surface area contributed by atoms with E-state index >= 15 is 0 Å². The van der Waals surface area contributed by atoms with Crippen LogP contribution in [0.1, 0.15) is 5.56 Å². The zero-order valence-electron chi connectivity index (χ0n) is 7.33. The second-order valence-electron chi connectivity index (χ2n) is 3.06. The lowest BCUT2D eigenvalue weighted by atomic mass is 10.0. The molecule has 0 spiro atoms. The van der Waals surface area contributed by atoms with Crippen molar-refractivity contribution in [1.82, 2.24) is 0 Å². The molecule has 0 aliphatic heterocycles. The minimum Gasteiger partial charge on any atom is -0.398 e. The molecule has 0 heterocycles. The zero-order valence-corrected chi connectivity index (χ0v) is 7.33. The molecule has 0 saturated heterocycles. The number of nitrogen functional groups attached to an aromatic ring is 1. The SMILES string of the molecule is NCc1ccc2ccccc2c1N. The monoisotopic (exact) mass is 172 g/mol. The Hall–Kier alpha value is -1.54. The summed E-state index contributed by atoms with van der Waals surface area (Å²) in [7, 11) is 0. The standard InChI is InChI=1S/C11H12N2/c12-7-9-6-5-8-3-1-2-4-10(8)11(9)13/h1-6H,7,12-13H2. The molecular weight excluding hydrogens is 160 g/mol. The Kier molecular flexibility index (Phi) is 1.91. The largest absolute Gasteiger partial charge is 0.398 e. The van der Waals surface area contributed by atoms with Gasteiger partial charge in [0.15, 0.2) is 0 Å². The van der Waals surface area contributed by atoms with Gasteiger partial charge < -0.3 is 11.5 Å². The van der Waals surface area contributed by atoms with Crippen LogP contribution in [0.2, 0.25) is 0 Å². The molecule has 2 aromatic rings. The smallest absolute Gasteiger partial charge is 0.0439 e. The van der Waals surface area contributed by atoms with Crippen LogP contribution in [-0.2, 0) is 6.54 Å². The van der Waals surface area contributed by atoms with Crippen LogP contribution in [0.25, 0.3) is 10.8 Å². The molecule has 2 aromatic carbocycles. The Balaban J connectivity index is 2.79. The van der Waals surface area contributed by atoms with Crippen molar-refractivity contribution < 1.29 is 0 Å². The van der Waals surface area contributed by atoms with Crippen LogP contribution in [0.4, 0.5) is 5.69 Å². The summed E-state index contributed by atoms with van der Waals surface area (Å²) in [5, 5.41) is 2.25. The van der Waals surface area contributed by atoms with E-state index in [4.69, 9.17) is 11.5 Å². The molecule has 2 nitrogen and oxygen atoms in total. The molecular formula is C11H12N2. The summed E-state index contributed by atoms with van der Waals surface area (Å²) in [6.45, 7) is 0.497. The molecule has 0 amide bonds. The number of hydrogen-bond acceptors (Lipinski definition) is 2. The average Bonchev–Trinajstić information content (AvgIpc) is 2.19. The summed E-state index contributed by atoms with van der Waals surface area (Å²) < 4.78 is 0. The molecule has 0 aliphatic rings. The quantitative estimate of drug-likeness (QED) is 0.645. The molecule has 13 heavy (non-hydrogen) atoms. The van der Waals surface area contributed by atoms with Gasteiger partial charge in [0.25, 0.3) is 0 Å². The van der Waals surface area contributed by atoms with E-state index in [-0.39, 0.29) is 0 Å². The lowest BCUT2D eigenvalue weighted by Gasteiger charge is -2.06. The molecule has 0 saturated carbocycles. The molecule has 66 valence electrons. The third kappa shape index (κ3) is 1.25. The first kappa shape index (κ1) is 8.08. The van der Waals surface area contributed by atoms with E-state index in [0.29, 0.717) is 6.54 Å². The van der Waals surface area contributed by atoms with E-state index in [1.807, 2.05) is 36.4 Å². The van der Waals surface area contributed by atoms with Crippen molar-refractivity contribution in [3.63, 3.8) is 0 Å². The van der Waals surface area contributed by atoms with Crippen LogP contribution in [0.5, 0.6) is 0 Å². The minimum atomic E-state index is 0.497. The van der Waals surface area contributed by atoms with Gasteiger partial charge in [-0.25, -0.2) is 0 Å². The fourth-order valence-electron chi connectivity index (χ4n) is 1.52. The van der Waals surface area contributed by atoms with E-state index in [1.54, 1.807) is 0 Å². The van der Waals surface area contributed by atoms with E-state index in [0.717, 1.165) is 22.0 Å². The summed E-state index contributed by atoms with van der Waals surface area (Å²) in [5.74, 6) is 0. The first-order valence-corrected chi connectivity index (χ1v) is 4.29. The van der Waals surface area contributed by atoms with Crippen LogP contribution in [0.15, 0.2) is 36.4 Å². The summed E-state index contributed by atoms with van der Waals surface area (Å²) in [6.07, 6.45) is 0. The van der Waals surface area contributed by atoms with Gasteiger partial charge in [0.2, 0.25) is 0 Å². The summed E-state index contributed by atoms with van der Waals surface area (Å²) in [6, 6.07) is 12.1. The third-order valence-corrected chi connectivity index (χ3v) is 2.28. The molecule has 0 aromatic heterocycles. The molecule has 0 radical (unpaired) electrons. The lowest BCUT2D eigenvalue weighted by molar-refractivity contribution is 1.08. The fraction of sp³-hybridized carbons (Fsp3) is 0.0909. The van der Waals surface area contributed by atoms with Gasteiger partial charge in [-0.1, -0.05) is 36.4 Å². The van der Waals surface area contributed by atoms with Gasteiger partial charge in [0.1, 0.15) is 0 Å². The highest BCUT2D eigenvalue weighted by molar-refractivity contribution is 5.94. The third-order valence-electron chi connectivity index (χ3n) is 2.28. The maximum Gasteiger partial charge on any atom is 0.0439 e. The van der Waals surface area contributed by atoms with Crippen molar-refractivity contribution in [2.45, 2.75) is 6.54 Å². The average molecular weight is 172 g/mol. The highest BCUT2D eigenvalue weighted by Crippen LogP contribution is 2.23. The van der Waals surface area contributed by atoms with Crippen LogP contribution in [-0.4, -0.2) is 0 Å². The van der Waals surface area contributed by atoms with Crippen LogP contribution < -0.4 is 11.5 Å². The number of benzene rings is 2. The molecule has 0 fully saturated rings. The Morgan fingerprint density at radius 1 is 1.00 bits per heavy atom. The Labute approximate surface area is 77.2 Å². The number of rotatable bonds is 1. The van der Waals surface area contributed by atoms with Gasteiger partial charge in [-0.05, 0) is 10.9 Å². The zero-order chi connectivity index (χ0) is 9.26. The van der Waals surface area contributed by atoms with Crippen LogP contribution in [0.3, 0.4) is 0 Å². The highest BCUT2D eigenvalue weighted by atomic mass is 14.6. The molecule has 4 N–H and O–H groups in total. The predicted molar refractivity (Wildman–Crippen MR) is 56.3 cm³/mol. The van der Waals surface area contributed by atoms with Crippen molar-refractivity contribution >= 4 is 16.5 Å². The lowest BCUT2D eigenvalue weighted by Crippen LogP contribution is -2.01. The van der Waals surface area contributed by atoms with Gasteiger partial charge in [-0.15, -0.1) is 0 Å². The normalized spacial score (nSPS) is 10.5. The van der Waals surface area contributed by atoms with E-state index in [9.17, 15) is 0 Å². The maximum absolute atomic E-state index is 5.95. The van der Waals surface area contributed by atoms with E-state index < -0.39 is 0 Å². The van der Waals surface area contributed by atoms with Gasteiger partial charge in [0, 0.05) is 17.6 Å². The first-order chi connectivity index (χ1) is 6.33. The molecule has 0 unspecified atom stereocenters.